The van der Waals surface area contributed by atoms with E-state index >= 15 is 0 Å². The maximum absolute atomic E-state index is 11.5. The van der Waals surface area contributed by atoms with Crippen LogP contribution in [0.2, 0.25) is 0 Å². The van der Waals surface area contributed by atoms with Gasteiger partial charge >= 0.3 is 0 Å². The van der Waals surface area contributed by atoms with Crippen LogP contribution in [-0.2, 0) is 9.53 Å². The number of ether oxygens (including phenoxy) is 1. The van der Waals surface area contributed by atoms with E-state index in [2.05, 4.69) is 19.2 Å². The minimum atomic E-state index is 0.0515. The monoisotopic (exact) mass is 216 g/mol. The third kappa shape index (κ3) is 7.33. The molecule has 0 aliphatic heterocycles. The molecular formula is C11H24N2O2. The molecule has 0 bridgehead atoms. The second kappa shape index (κ2) is 8.68. The molecule has 1 atom stereocenters. The van der Waals surface area contributed by atoms with Crippen molar-refractivity contribution < 1.29 is 9.53 Å². The molecular weight excluding hydrogens is 192 g/mol. The molecule has 3 N–H and O–H groups in total. The van der Waals surface area contributed by atoms with Gasteiger partial charge in [0.25, 0.3) is 0 Å². The van der Waals surface area contributed by atoms with Crippen molar-refractivity contribution in [2.24, 2.45) is 11.7 Å². The largest absolute Gasteiger partial charge is 0.381 e. The van der Waals surface area contributed by atoms with Crippen molar-refractivity contribution in [1.29, 1.82) is 0 Å². The Labute approximate surface area is 92.6 Å². The number of carbonyl (C=O) groups is 1. The number of carbonyl (C=O) groups excluding carboxylic acids is 1. The summed E-state index contributed by atoms with van der Waals surface area (Å²) in [5.41, 5.74) is 5.49. The van der Waals surface area contributed by atoms with E-state index in [4.69, 9.17) is 10.5 Å². The van der Waals surface area contributed by atoms with Gasteiger partial charge in [-0.3, -0.25) is 4.79 Å². The zero-order valence-electron chi connectivity index (χ0n) is 10.1. The van der Waals surface area contributed by atoms with E-state index in [1.165, 1.54) is 0 Å². The number of hydrogen-bond donors (Lipinski definition) is 2. The van der Waals surface area contributed by atoms with Gasteiger partial charge in [-0.15, -0.1) is 0 Å². The van der Waals surface area contributed by atoms with E-state index in [1.807, 2.05) is 6.92 Å². The molecule has 0 rings (SSSR count). The summed E-state index contributed by atoms with van der Waals surface area (Å²) in [5.74, 6) is 0.472. The average molecular weight is 216 g/mol. The number of rotatable bonds is 8. The molecule has 90 valence electrons. The van der Waals surface area contributed by atoms with E-state index in [-0.39, 0.29) is 11.9 Å². The first-order valence-corrected chi connectivity index (χ1v) is 5.69. The van der Waals surface area contributed by atoms with Crippen LogP contribution in [0.15, 0.2) is 0 Å². The summed E-state index contributed by atoms with van der Waals surface area (Å²) in [7, 11) is 0. The maximum atomic E-state index is 11.5. The highest BCUT2D eigenvalue weighted by atomic mass is 16.5. The second-order valence-electron chi connectivity index (χ2n) is 3.94. The van der Waals surface area contributed by atoms with Crippen LogP contribution in [0.4, 0.5) is 0 Å². The lowest BCUT2D eigenvalue weighted by atomic mass is 10.0. The zero-order chi connectivity index (χ0) is 11.7. The average Bonchev–Trinajstić information content (AvgIpc) is 2.17. The molecule has 15 heavy (non-hydrogen) atoms. The van der Waals surface area contributed by atoms with Crippen molar-refractivity contribution in [2.45, 2.75) is 39.7 Å². The molecule has 1 amide bonds. The van der Waals surface area contributed by atoms with Gasteiger partial charge in [0.05, 0.1) is 6.61 Å². The second-order valence-corrected chi connectivity index (χ2v) is 3.94. The van der Waals surface area contributed by atoms with Gasteiger partial charge in [-0.1, -0.05) is 13.8 Å². The van der Waals surface area contributed by atoms with Crippen LogP contribution in [0, 0.1) is 5.92 Å². The predicted octanol–water partition coefficient (Wildman–Crippen LogP) is 0.903. The van der Waals surface area contributed by atoms with Crippen molar-refractivity contribution in [3.63, 3.8) is 0 Å². The van der Waals surface area contributed by atoms with Crippen molar-refractivity contribution in [1.82, 2.24) is 5.32 Å². The fourth-order valence-corrected chi connectivity index (χ4v) is 1.34. The van der Waals surface area contributed by atoms with Crippen LogP contribution >= 0.6 is 0 Å². The summed E-state index contributed by atoms with van der Waals surface area (Å²) in [6.07, 6.45) is 1.26. The lowest BCUT2D eigenvalue weighted by molar-refractivity contribution is -0.123. The summed E-state index contributed by atoms with van der Waals surface area (Å²) in [6, 6.07) is 0.184. The molecule has 0 aliphatic carbocycles. The van der Waals surface area contributed by atoms with Gasteiger partial charge in [0, 0.05) is 19.1 Å². The topological polar surface area (TPSA) is 64.3 Å². The Hall–Kier alpha value is -0.610. The highest BCUT2D eigenvalue weighted by molar-refractivity contribution is 5.76. The van der Waals surface area contributed by atoms with E-state index in [9.17, 15) is 4.79 Å². The number of amides is 1. The van der Waals surface area contributed by atoms with Gasteiger partial charge in [0.1, 0.15) is 0 Å². The van der Waals surface area contributed by atoms with E-state index in [1.54, 1.807) is 0 Å². The molecule has 0 aliphatic rings. The lowest BCUT2D eigenvalue weighted by Gasteiger charge is -2.21. The maximum Gasteiger partial charge on any atom is 0.222 e. The first-order valence-electron chi connectivity index (χ1n) is 5.69. The highest BCUT2D eigenvalue weighted by Gasteiger charge is 2.14. The molecule has 0 saturated carbocycles. The first-order chi connectivity index (χ1) is 7.11. The molecule has 1 unspecified atom stereocenters. The zero-order valence-corrected chi connectivity index (χ0v) is 10.1. The van der Waals surface area contributed by atoms with Crippen molar-refractivity contribution in [3.8, 4) is 0 Å². The highest BCUT2D eigenvalue weighted by Crippen LogP contribution is 2.05. The number of nitrogens with one attached hydrogen (secondary N) is 1. The summed E-state index contributed by atoms with van der Waals surface area (Å²) < 4.78 is 5.12. The van der Waals surface area contributed by atoms with Gasteiger partial charge in [-0.2, -0.15) is 0 Å². The molecule has 0 aromatic rings. The standard InChI is InChI=1S/C11H24N2O2/c1-4-15-8-6-11(14)13-10(5-7-12)9(2)3/h9-10H,4-8,12H2,1-3H3,(H,13,14). The Morgan fingerprint density at radius 1 is 1.47 bits per heavy atom. The van der Waals surface area contributed by atoms with E-state index < -0.39 is 0 Å². The molecule has 0 saturated heterocycles. The van der Waals surface area contributed by atoms with Crippen LogP contribution in [0.25, 0.3) is 0 Å². The molecule has 0 fully saturated rings. The van der Waals surface area contributed by atoms with Crippen LogP contribution in [0.1, 0.15) is 33.6 Å². The molecule has 4 heteroatoms. The van der Waals surface area contributed by atoms with Crippen molar-refractivity contribution in [2.75, 3.05) is 19.8 Å². The smallest absolute Gasteiger partial charge is 0.222 e. The molecule has 0 aromatic carbocycles. The summed E-state index contributed by atoms with van der Waals surface area (Å²) in [6.45, 7) is 7.85. The third-order valence-corrected chi connectivity index (χ3v) is 2.31. The van der Waals surface area contributed by atoms with Gasteiger partial charge in [0.2, 0.25) is 5.91 Å². The Morgan fingerprint density at radius 3 is 2.60 bits per heavy atom. The van der Waals surface area contributed by atoms with Gasteiger partial charge < -0.3 is 15.8 Å². The molecule has 0 aromatic heterocycles. The van der Waals surface area contributed by atoms with Gasteiger partial charge in [-0.05, 0) is 25.8 Å². The molecule has 4 nitrogen and oxygen atoms in total. The Morgan fingerprint density at radius 2 is 2.13 bits per heavy atom. The van der Waals surface area contributed by atoms with Crippen molar-refractivity contribution in [3.05, 3.63) is 0 Å². The van der Waals surface area contributed by atoms with Crippen LogP contribution < -0.4 is 11.1 Å². The molecule has 0 heterocycles. The molecule has 0 radical (unpaired) electrons. The third-order valence-electron chi connectivity index (χ3n) is 2.31. The quantitative estimate of drug-likeness (QED) is 0.593. The van der Waals surface area contributed by atoms with E-state index in [0.29, 0.717) is 32.1 Å². The van der Waals surface area contributed by atoms with Crippen LogP contribution in [0.5, 0.6) is 0 Å². The number of nitrogens with two attached hydrogens (primary N) is 1. The minimum Gasteiger partial charge on any atom is -0.381 e. The summed E-state index contributed by atoms with van der Waals surface area (Å²) >= 11 is 0. The Kier molecular flexibility index (Phi) is 8.33. The van der Waals surface area contributed by atoms with Crippen molar-refractivity contribution >= 4 is 5.91 Å². The summed E-state index contributed by atoms with van der Waals surface area (Å²) in [5, 5.41) is 2.98. The fourth-order valence-electron chi connectivity index (χ4n) is 1.34. The van der Waals surface area contributed by atoms with Gasteiger partial charge in [-0.25, -0.2) is 0 Å². The predicted molar refractivity (Wildman–Crippen MR) is 61.6 cm³/mol. The lowest BCUT2D eigenvalue weighted by Crippen LogP contribution is -2.40. The SMILES string of the molecule is CCOCCC(=O)NC(CCN)C(C)C. The first kappa shape index (κ1) is 14.4. The summed E-state index contributed by atoms with van der Waals surface area (Å²) in [4.78, 5) is 11.5. The van der Waals surface area contributed by atoms with Gasteiger partial charge in [0.15, 0.2) is 0 Å². The van der Waals surface area contributed by atoms with Crippen LogP contribution in [0.3, 0.4) is 0 Å². The van der Waals surface area contributed by atoms with Crippen LogP contribution in [-0.4, -0.2) is 31.7 Å². The minimum absolute atomic E-state index is 0.0515. The molecule has 0 spiro atoms. The Balaban J connectivity index is 3.78. The normalized spacial score (nSPS) is 12.9. The number of hydrogen-bond acceptors (Lipinski definition) is 3. The fraction of sp³-hybridized carbons (Fsp3) is 0.909. The van der Waals surface area contributed by atoms with E-state index in [0.717, 1.165) is 6.42 Å². The Bertz CT molecular complexity index is 172.